The number of carbonyl (C=O) groups is 3. The highest BCUT2D eigenvalue weighted by molar-refractivity contribution is 6.18. The zero-order valence-electron chi connectivity index (χ0n) is 15.9. The molecule has 2 aromatic carbocycles. The summed E-state index contributed by atoms with van der Waals surface area (Å²) in [6.07, 6.45) is -0.926. The molecule has 0 bridgehead atoms. The Kier molecular flexibility index (Phi) is 6.64. The number of hydrogen-bond acceptors (Lipinski definition) is 4. The van der Waals surface area contributed by atoms with E-state index >= 15 is 0 Å². The molecular weight excluding hydrogens is 397 g/mol. The largest absolute Gasteiger partial charge is 0.454 e. The van der Waals surface area contributed by atoms with E-state index in [1.54, 1.807) is 4.90 Å². The van der Waals surface area contributed by atoms with Gasteiger partial charge in [0.25, 0.3) is 0 Å². The molecule has 1 amide bonds. The van der Waals surface area contributed by atoms with E-state index in [-0.39, 0.29) is 36.7 Å². The Bertz CT molecular complexity index is 915. The fourth-order valence-corrected chi connectivity index (χ4v) is 3.54. The smallest absolute Gasteiger partial charge is 0.312 e. The molecule has 3 rings (SSSR count). The summed E-state index contributed by atoms with van der Waals surface area (Å²) in [6.45, 7) is 2.09. The van der Waals surface area contributed by atoms with E-state index in [0.717, 1.165) is 11.3 Å². The molecule has 1 aliphatic rings. The van der Waals surface area contributed by atoms with Crippen molar-refractivity contribution >= 4 is 34.9 Å². The molecule has 2 atom stereocenters. The van der Waals surface area contributed by atoms with Crippen molar-refractivity contribution in [1.82, 2.24) is 0 Å². The number of carbonyl (C=O) groups excluding carboxylic acids is 3. The van der Waals surface area contributed by atoms with E-state index in [1.807, 2.05) is 31.2 Å². The first kappa shape index (κ1) is 21.0. The van der Waals surface area contributed by atoms with Crippen LogP contribution in [0.15, 0.2) is 48.5 Å². The molecule has 0 aliphatic carbocycles. The maximum absolute atomic E-state index is 13.1. The minimum absolute atomic E-state index is 0.0193. The molecule has 0 unspecified atom stereocenters. The summed E-state index contributed by atoms with van der Waals surface area (Å²) in [7, 11) is 0. The number of anilines is 1. The topological polar surface area (TPSA) is 63.7 Å². The Labute approximate surface area is 173 Å². The number of aryl methyl sites for hydroxylation is 1. The van der Waals surface area contributed by atoms with Gasteiger partial charge in [-0.1, -0.05) is 18.2 Å². The number of benzene rings is 2. The van der Waals surface area contributed by atoms with Crippen LogP contribution in [0.3, 0.4) is 0 Å². The monoisotopic (exact) mass is 417 g/mol. The van der Waals surface area contributed by atoms with Crippen LogP contribution < -0.4 is 4.90 Å². The van der Waals surface area contributed by atoms with Gasteiger partial charge in [-0.05, 0) is 42.8 Å². The van der Waals surface area contributed by atoms with Gasteiger partial charge in [-0.25, -0.2) is 4.39 Å². The minimum atomic E-state index is -1.08. The van der Waals surface area contributed by atoms with Crippen LogP contribution in [0.1, 0.15) is 28.8 Å². The van der Waals surface area contributed by atoms with Gasteiger partial charge in [-0.15, -0.1) is 11.6 Å². The molecule has 7 heteroatoms. The Balaban J connectivity index is 1.70. The molecule has 152 valence electrons. The molecular formula is C22H21ClFNO4. The number of hydrogen-bond donors (Lipinski definition) is 0. The highest BCUT2D eigenvalue weighted by atomic mass is 35.5. The van der Waals surface area contributed by atoms with Gasteiger partial charge < -0.3 is 9.64 Å². The van der Waals surface area contributed by atoms with Crippen molar-refractivity contribution in [3.05, 3.63) is 65.5 Å². The molecule has 0 spiro atoms. The zero-order chi connectivity index (χ0) is 21.0. The number of alkyl halides is 1. The van der Waals surface area contributed by atoms with E-state index < -0.39 is 29.6 Å². The Morgan fingerprint density at radius 1 is 1.21 bits per heavy atom. The van der Waals surface area contributed by atoms with E-state index in [0.29, 0.717) is 0 Å². The second-order valence-electron chi connectivity index (χ2n) is 6.97. The number of amides is 1. The number of halogens is 2. The van der Waals surface area contributed by atoms with Gasteiger partial charge in [0.2, 0.25) is 11.7 Å². The fourth-order valence-electron chi connectivity index (χ4n) is 3.34. The molecule has 0 aromatic heterocycles. The quantitative estimate of drug-likeness (QED) is 0.389. The number of esters is 1. The van der Waals surface area contributed by atoms with Crippen LogP contribution in [0.25, 0.3) is 0 Å². The number of ketones is 1. The average Bonchev–Trinajstić information content (AvgIpc) is 3.09. The third kappa shape index (κ3) is 4.82. The van der Waals surface area contributed by atoms with Crippen molar-refractivity contribution < 1.29 is 23.5 Å². The van der Waals surface area contributed by atoms with Crippen molar-refractivity contribution in [3.63, 3.8) is 0 Å². The van der Waals surface area contributed by atoms with Crippen LogP contribution in [0, 0.1) is 18.7 Å². The number of Topliss-reactive ketones (excluding diaryl/α,β-unsaturated/α-hetero) is 1. The number of rotatable bonds is 7. The summed E-state index contributed by atoms with van der Waals surface area (Å²) in [4.78, 5) is 39.3. The predicted octanol–water partition coefficient (Wildman–Crippen LogP) is 3.91. The molecule has 29 heavy (non-hydrogen) atoms. The van der Waals surface area contributed by atoms with Crippen LogP contribution in [0.4, 0.5) is 10.1 Å². The van der Waals surface area contributed by atoms with Gasteiger partial charge in [-0.2, -0.15) is 0 Å². The second kappa shape index (κ2) is 9.18. The van der Waals surface area contributed by atoms with Crippen LogP contribution in [0.5, 0.6) is 0 Å². The van der Waals surface area contributed by atoms with Gasteiger partial charge in [0, 0.05) is 36.5 Å². The first-order chi connectivity index (χ1) is 13.9. The summed E-state index contributed by atoms with van der Waals surface area (Å²) >= 11 is 5.77. The number of ether oxygens (including phenoxy) is 1. The summed E-state index contributed by atoms with van der Waals surface area (Å²) in [6, 6.07) is 12.5. The van der Waals surface area contributed by atoms with Crippen LogP contribution in [-0.2, 0) is 14.3 Å². The number of nitrogens with zero attached hydrogens (tertiary/aromatic N) is 1. The lowest BCUT2D eigenvalue weighted by Crippen LogP contribution is -2.32. The van der Waals surface area contributed by atoms with Gasteiger partial charge in [0.15, 0.2) is 6.10 Å². The maximum Gasteiger partial charge on any atom is 0.312 e. The van der Waals surface area contributed by atoms with Crippen LogP contribution in [-0.4, -0.2) is 36.2 Å². The highest BCUT2D eigenvalue weighted by Crippen LogP contribution is 2.29. The zero-order valence-corrected chi connectivity index (χ0v) is 16.7. The van der Waals surface area contributed by atoms with Crippen molar-refractivity contribution in [1.29, 1.82) is 0 Å². The van der Waals surface area contributed by atoms with Crippen molar-refractivity contribution in [2.45, 2.75) is 25.9 Å². The third-order valence-electron chi connectivity index (χ3n) is 4.92. The molecule has 2 aromatic rings. The average molecular weight is 418 g/mol. The molecule has 1 saturated heterocycles. The third-order valence-corrected chi connectivity index (χ3v) is 5.13. The van der Waals surface area contributed by atoms with E-state index in [2.05, 4.69) is 0 Å². The lowest BCUT2D eigenvalue weighted by atomic mass is 10.0. The Morgan fingerprint density at radius 3 is 2.55 bits per heavy atom. The van der Waals surface area contributed by atoms with Gasteiger partial charge in [-0.3, -0.25) is 14.4 Å². The fraction of sp³-hybridized carbons (Fsp3) is 0.318. The first-order valence-corrected chi connectivity index (χ1v) is 9.86. The van der Waals surface area contributed by atoms with Gasteiger partial charge in [0.1, 0.15) is 5.82 Å². The molecule has 0 radical (unpaired) electrons. The summed E-state index contributed by atoms with van der Waals surface area (Å²) < 4.78 is 18.5. The highest BCUT2D eigenvalue weighted by Gasteiger charge is 2.38. The normalized spacial score (nSPS) is 17.3. The lowest BCUT2D eigenvalue weighted by Gasteiger charge is -2.20. The van der Waals surface area contributed by atoms with E-state index in [9.17, 15) is 18.8 Å². The van der Waals surface area contributed by atoms with Crippen molar-refractivity contribution in [2.75, 3.05) is 17.3 Å². The molecule has 0 saturated carbocycles. The SMILES string of the molecule is Cc1ccccc1N1C[C@H](C(=O)O[C@@H](CCCl)C(=O)c2ccc(F)cc2)CC1=O. The minimum Gasteiger partial charge on any atom is -0.454 e. The van der Waals surface area contributed by atoms with Gasteiger partial charge in [0.05, 0.1) is 5.92 Å². The predicted molar refractivity (Wildman–Crippen MR) is 108 cm³/mol. The van der Waals surface area contributed by atoms with Crippen molar-refractivity contribution in [3.8, 4) is 0 Å². The second-order valence-corrected chi connectivity index (χ2v) is 7.34. The van der Waals surface area contributed by atoms with Crippen LogP contribution >= 0.6 is 11.6 Å². The summed E-state index contributed by atoms with van der Waals surface area (Å²) in [5.41, 5.74) is 1.92. The maximum atomic E-state index is 13.1. The lowest BCUT2D eigenvalue weighted by molar-refractivity contribution is -0.151. The van der Waals surface area contributed by atoms with Crippen LogP contribution in [0.2, 0.25) is 0 Å². The Morgan fingerprint density at radius 2 is 1.90 bits per heavy atom. The molecule has 1 heterocycles. The first-order valence-electron chi connectivity index (χ1n) is 9.33. The standard InChI is InChI=1S/C22H21ClFNO4/c1-14-4-2-3-5-18(14)25-13-16(12-20(25)26)22(28)29-19(10-11-23)21(27)15-6-8-17(24)9-7-15/h2-9,16,19H,10-13H2,1H3/t16-,19+/m1/s1. The van der Waals surface area contributed by atoms with Crippen molar-refractivity contribution in [2.24, 2.45) is 5.92 Å². The molecule has 0 N–H and O–H groups in total. The summed E-state index contributed by atoms with van der Waals surface area (Å²) in [5.74, 6) is -2.24. The molecule has 1 fully saturated rings. The molecule has 1 aliphatic heterocycles. The van der Waals surface area contributed by atoms with Gasteiger partial charge >= 0.3 is 5.97 Å². The van der Waals surface area contributed by atoms with E-state index in [4.69, 9.17) is 16.3 Å². The Hall–Kier alpha value is -2.73. The number of para-hydroxylation sites is 1. The van der Waals surface area contributed by atoms with E-state index in [1.165, 1.54) is 24.3 Å². The molecule has 5 nitrogen and oxygen atoms in total. The summed E-state index contributed by atoms with van der Waals surface area (Å²) in [5, 5.41) is 0.